The second-order valence-electron chi connectivity index (χ2n) is 4.99. The van der Waals surface area contributed by atoms with Gasteiger partial charge in [0.25, 0.3) is 0 Å². The van der Waals surface area contributed by atoms with E-state index in [-0.39, 0.29) is 12.3 Å². The Kier molecular flexibility index (Phi) is 4.72. The number of hydrogen-bond acceptors (Lipinski definition) is 5. The number of aliphatic hydroxyl groups is 1. The van der Waals surface area contributed by atoms with Gasteiger partial charge in [-0.2, -0.15) is 0 Å². The monoisotopic (exact) mass is 267 g/mol. The molecule has 0 spiro atoms. The number of nitro benzene ring substituents is 1. The first-order chi connectivity index (χ1) is 8.85. The zero-order chi connectivity index (χ0) is 14.6. The van der Waals surface area contributed by atoms with Gasteiger partial charge in [0.05, 0.1) is 17.1 Å². The molecule has 1 rings (SSSR count). The summed E-state index contributed by atoms with van der Waals surface area (Å²) < 4.78 is 0. The van der Waals surface area contributed by atoms with Crippen molar-refractivity contribution in [1.29, 1.82) is 0 Å². The molecule has 106 valence electrons. The predicted molar refractivity (Wildman–Crippen MR) is 76.8 cm³/mol. The van der Waals surface area contributed by atoms with Crippen LogP contribution < -0.4 is 10.2 Å². The van der Waals surface area contributed by atoms with Crippen LogP contribution in [-0.2, 0) is 0 Å². The quantitative estimate of drug-likeness (QED) is 0.610. The van der Waals surface area contributed by atoms with E-state index in [1.165, 1.54) is 0 Å². The summed E-state index contributed by atoms with van der Waals surface area (Å²) >= 11 is 0. The van der Waals surface area contributed by atoms with Gasteiger partial charge in [-0.3, -0.25) is 10.1 Å². The fourth-order valence-electron chi connectivity index (χ4n) is 1.76. The maximum Gasteiger partial charge on any atom is 0.315 e. The van der Waals surface area contributed by atoms with Gasteiger partial charge >= 0.3 is 5.69 Å². The van der Waals surface area contributed by atoms with Gasteiger partial charge in [-0.05, 0) is 32.9 Å². The van der Waals surface area contributed by atoms with Gasteiger partial charge in [0.15, 0.2) is 0 Å². The van der Waals surface area contributed by atoms with Crippen molar-refractivity contribution in [2.75, 3.05) is 30.4 Å². The number of likely N-dealkylation sites (N-methyl/N-ethyl adjacent to an activating group) is 1. The van der Waals surface area contributed by atoms with Gasteiger partial charge in [-0.15, -0.1) is 0 Å². The van der Waals surface area contributed by atoms with Crippen LogP contribution in [0.2, 0.25) is 0 Å². The molecule has 6 nitrogen and oxygen atoms in total. The third-order valence-corrected chi connectivity index (χ3v) is 3.22. The van der Waals surface area contributed by atoms with Crippen molar-refractivity contribution in [3.05, 3.63) is 28.3 Å². The van der Waals surface area contributed by atoms with E-state index in [1.807, 2.05) is 20.8 Å². The second-order valence-corrected chi connectivity index (χ2v) is 4.99. The van der Waals surface area contributed by atoms with Gasteiger partial charge in [-0.25, -0.2) is 0 Å². The summed E-state index contributed by atoms with van der Waals surface area (Å²) in [6, 6.07) is 5.14. The topological polar surface area (TPSA) is 78.6 Å². The molecule has 0 unspecified atom stereocenters. The summed E-state index contributed by atoms with van der Waals surface area (Å²) in [5.41, 5.74) is 0.441. The Hall–Kier alpha value is -1.82. The molecule has 0 fully saturated rings. The molecule has 0 aliphatic carbocycles. The number of rotatable bonds is 6. The largest absolute Gasteiger partial charge is 0.394 e. The van der Waals surface area contributed by atoms with E-state index < -0.39 is 10.5 Å². The first-order valence-electron chi connectivity index (χ1n) is 6.21. The third kappa shape index (κ3) is 3.14. The molecule has 0 heterocycles. The molecule has 0 amide bonds. The molecule has 1 aromatic carbocycles. The maximum absolute atomic E-state index is 11.3. The van der Waals surface area contributed by atoms with Crippen molar-refractivity contribution in [2.45, 2.75) is 26.3 Å². The minimum Gasteiger partial charge on any atom is -0.394 e. The zero-order valence-electron chi connectivity index (χ0n) is 11.8. The molecule has 0 saturated heterocycles. The van der Waals surface area contributed by atoms with Crippen molar-refractivity contribution >= 4 is 17.1 Å². The summed E-state index contributed by atoms with van der Waals surface area (Å²) in [5.74, 6) is 0. The first-order valence-corrected chi connectivity index (χ1v) is 6.21. The van der Waals surface area contributed by atoms with Crippen molar-refractivity contribution < 1.29 is 10.0 Å². The van der Waals surface area contributed by atoms with E-state index in [2.05, 4.69) is 5.32 Å². The number of nitrogens with zero attached hydrogens (tertiary/aromatic N) is 2. The summed E-state index contributed by atoms with van der Waals surface area (Å²) in [7, 11) is 1.74. The Bertz CT molecular complexity index is 460. The number of anilines is 2. The van der Waals surface area contributed by atoms with E-state index in [4.69, 9.17) is 0 Å². The Morgan fingerprint density at radius 3 is 2.58 bits per heavy atom. The molecule has 0 saturated carbocycles. The molecule has 0 aliphatic heterocycles. The third-order valence-electron chi connectivity index (χ3n) is 3.22. The van der Waals surface area contributed by atoms with Gasteiger partial charge in [0, 0.05) is 13.6 Å². The maximum atomic E-state index is 11.3. The lowest BCUT2D eigenvalue weighted by Crippen LogP contribution is -2.44. The Morgan fingerprint density at radius 2 is 2.11 bits per heavy atom. The number of nitrogens with one attached hydrogen (secondary N) is 1. The Balaban J connectivity index is 3.35. The van der Waals surface area contributed by atoms with Crippen molar-refractivity contribution in [1.82, 2.24) is 0 Å². The Labute approximate surface area is 113 Å². The molecular formula is C13H21N3O3. The molecule has 2 N–H and O–H groups in total. The second kappa shape index (κ2) is 5.88. The predicted octanol–water partition coefficient (Wildman–Crippen LogP) is 2.23. The molecule has 0 radical (unpaired) electrons. The SMILES string of the molecule is CCNc1cccc(N(C)C(C)(C)CO)c1[N+](=O)[O-]. The fourth-order valence-corrected chi connectivity index (χ4v) is 1.76. The summed E-state index contributed by atoms with van der Waals surface area (Å²) in [4.78, 5) is 12.7. The number of hydrogen-bond donors (Lipinski definition) is 2. The number of benzene rings is 1. The van der Waals surface area contributed by atoms with Crippen LogP contribution in [0.1, 0.15) is 20.8 Å². The minimum atomic E-state index is -0.574. The minimum absolute atomic E-state index is 0.0355. The van der Waals surface area contributed by atoms with Gasteiger partial charge in [0.1, 0.15) is 11.4 Å². The number of nitro groups is 1. The zero-order valence-corrected chi connectivity index (χ0v) is 11.8. The summed E-state index contributed by atoms with van der Waals surface area (Å²) in [6.45, 7) is 6.06. The van der Waals surface area contributed by atoms with Crippen LogP contribution in [0, 0.1) is 10.1 Å². The van der Waals surface area contributed by atoms with E-state index in [9.17, 15) is 15.2 Å². The van der Waals surface area contributed by atoms with Gasteiger partial charge in [0.2, 0.25) is 0 Å². The number of para-hydroxylation sites is 1. The molecule has 0 atom stereocenters. The van der Waals surface area contributed by atoms with Crippen LogP contribution >= 0.6 is 0 Å². The molecule has 0 aromatic heterocycles. The summed E-state index contributed by atoms with van der Waals surface area (Å²) in [6.07, 6.45) is 0. The normalized spacial score (nSPS) is 11.2. The van der Waals surface area contributed by atoms with E-state index in [1.54, 1.807) is 30.1 Å². The standard InChI is InChI=1S/C13H21N3O3/c1-5-14-10-7-6-8-11(12(10)16(18)19)15(4)13(2,3)9-17/h6-8,14,17H,5,9H2,1-4H3. The lowest BCUT2D eigenvalue weighted by atomic mass is 10.0. The molecule has 0 aliphatic rings. The van der Waals surface area contributed by atoms with Crippen molar-refractivity contribution in [2.24, 2.45) is 0 Å². The average Bonchev–Trinajstić information content (AvgIpc) is 2.37. The molecule has 6 heteroatoms. The van der Waals surface area contributed by atoms with Gasteiger partial charge < -0.3 is 15.3 Å². The van der Waals surface area contributed by atoms with Crippen LogP contribution in [0.4, 0.5) is 17.1 Å². The highest BCUT2D eigenvalue weighted by atomic mass is 16.6. The molecular weight excluding hydrogens is 246 g/mol. The van der Waals surface area contributed by atoms with E-state index >= 15 is 0 Å². The molecule has 1 aromatic rings. The molecule has 19 heavy (non-hydrogen) atoms. The van der Waals surface area contributed by atoms with Crippen LogP contribution in [0.15, 0.2) is 18.2 Å². The highest BCUT2D eigenvalue weighted by Crippen LogP contribution is 2.37. The van der Waals surface area contributed by atoms with Crippen LogP contribution in [0.3, 0.4) is 0 Å². The van der Waals surface area contributed by atoms with Crippen molar-refractivity contribution in [3.63, 3.8) is 0 Å². The van der Waals surface area contributed by atoms with Crippen molar-refractivity contribution in [3.8, 4) is 0 Å². The van der Waals surface area contributed by atoms with Crippen LogP contribution in [0.25, 0.3) is 0 Å². The van der Waals surface area contributed by atoms with Crippen LogP contribution in [0.5, 0.6) is 0 Å². The highest BCUT2D eigenvalue weighted by molar-refractivity contribution is 5.77. The van der Waals surface area contributed by atoms with E-state index in [0.29, 0.717) is 17.9 Å². The summed E-state index contributed by atoms with van der Waals surface area (Å²) in [5, 5.41) is 23.7. The number of aliphatic hydroxyl groups excluding tert-OH is 1. The van der Waals surface area contributed by atoms with E-state index in [0.717, 1.165) is 0 Å². The average molecular weight is 267 g/mol. The lowest BCUT2D eigenvalue weighted by Gasteiger charge is -2.35. The van der Waals surface area contributed by atoms with Gasteiger partial charge in [-0.1, -0.05) is 6.07 Å². The highest BCUT2D eigenvalue weighted by Gasteiger charge is 2.29. The Morgan fingerprint density at radius 1 is 1.47 bits per heavy atom. The fraction of sp³-hybridized carbons (Fsp3) is 0.538. The smallest absolute Gasteiger partial charge is 0.315 e. The first kappa shape index (κ1) is 15.2. The lowest BCUT2D eigenvalue weighted by molar-refractivity contribution is -0.383. The molecule has 0 bridgehead atoms. The van der Waals surface area contributed by atoms with Crippen LogP contribution in [-0.4, -0.2) is 35.8 Å².